The predicted octanol–water partition coefficient (Wildman–Crippen LogP) is 4.65. The second kappa shape index (κ2) is 9.11. The molecule has 0 spiro atoms. The Morgan fingerprint density at radius 3 is 2.44 bits per heavy atom. The Hall–Kier alpha value is -2.24. The molecule has 4 N–H and O–H groups in total. The Morgan fingerprint density at radius 1 is 1.22 bits per heavy atom. The van der Waals surface area contributed by atoms with Crippen LogP contribution in [0, 0.1) is 0 Å². The number of carboxylic acids is 1. The van der Waals surface area contributed by atoms with Gasteiger partial charge in [-0.15, -0.1) is 0 Å². The van der Waals surface area contributed by atoms with Gasteiger partial charge in [0.05, 0.1) is 17.1 Å². The molecule has 0 aliphatic heterocycles. The number of benzene rings is 2. The van der Waals surface area contributed by atoms with Crippen LogP contribution in [0.4, 0.5) is 5.69 Å². The molecule has 0 saturated heterocycles. The molecule has 0 unspecified atom stereocenters. The number of carboxylic acid groups (broad SMARTS) is 1. The van der Waals surface area contributed by atoms with Crippen LogP contribution < -0.4 is 15.8 Å². The van der Waals surface area contributed by atoms with Crippen molar-refractivity contribution >= 4 is 23.3 Å². The van der Waals surface area contributed by atoms with E-state index in [4.69, 9.17) is 27.2 Å². The van der Waals surface area contributed by atoms with Crippen LogP contribution in [-0.2, 0) is 11.3 Å². The number of hydrogen-bond acceptors (Lipinski definition) is 4. The summed E-state index contributed by atoms with van der Waals surface area (Å²) in [4.78, 5) is 11.0. The van der Waals surface area contributed by atoms with Crippen molar-refractivity contribution in [2.45, 2.75) is 45.3 Å². The van der Waals surface area contributed by atoms with E-state index in [1.54, 1.807) is 6.07 Å². The van der Waals surface area contributed by atoms with Crippen LogP contribution in [-0.4, -0.2) is 23.2 Å². The summed E-state index contributed by atoms with van der Waals surface area (Å²) < 4.78 is 5.82. The minimum atomic E-state index is -0.868. The molecule has 6 heteroatoms. The smallest absolute Gasteiger partial charge is 0.304 e. The van der Waals surface area contributed by atoms with E-state index in [-0.39, 0.29) is 24.5 Å². The van der Waals surface area contributed by atoms with Gasteiger partial charge in [-0.3, -0.25) is 4.79 Å². The minimum Gasteiger partial charge on any atom is -0.488 e. The highest BCUT2D eigenvalue weighted by Gasteiger charge is 2.15. The average Bonchev–Trinajstić information content (AvgIpc) is 2.59. The maximum absolute atomic E-state index is 11.0. The van der Waals surface area contributed by atoms with Gasteiger partial charge in [-0.05, 0) is 62.7 Å². The lowest BCUT2D eigenvalue weighted by Crippen LogP contribution is -2.22. The highest BCUT2D eigenvalue weighted by molar-refractivity contribution is 6.33. The number of carbonyl (C=O) groups is 1. The summed E-state index contributed by atoms with van der Waals surface area (Å²) in [6.07, 6.45) is -0.00713. The van der Waals surface area contributed by atoms with Crippen molar-refractivity contribution in [1.82, 2.24) is 0 Å². The molecular formula is C21H27ClN2O3. The fourth-order valence-corrected chi connectivity index (χ4v) is 2.89. The van der Waals surface area contributed by atoms with E-state index in [1.165, 1.54) is 0 Å². The van der Waals surface area contributed by atoms with Crippen LogP contribution >= 0.6 is 11.6 Å². The third-order valence-corrected chi connectivity index (χ3v) is 4.33. The maximum atomic E-state index is 11.0. The molecule has 0 amide bonds. The molecular weight excluding hydrogens is 364 g/mol. The second-order valence-corrected chi connectivity index (χ2v) is 7.89. The summed E-state index contributed by atoms with van der Waals surface area (Å²) >= 11 is 6.28. The summed E-state index contributed by atoms with van der Waals surface area (Å²) in [6.45, 7) is 6.89. The van der Waals surface area contributed by atoms with Gasteiger partial charge in [0.25, 0.3) is 0 Å². The molecule has 1 atom stereocenters. The third kappa shape index (κ3) is 6.77. The normalized spacial score (nSPS) is 12.5. The first-order valence-electron chi connectivity index (χ1n) is 8.91. The summed E-state index contributed by atoms with van der Waals surface area (Å²) in [5.41, 5.74) is 8.20. The molecule has 0 radical (unpaired) electrons. The minimum absolute atomic E-state index is 0.00713. The van der Waals surface area contributed by atoms with E-state index in [2.05, 4.69) is 5.32 Å². The van der Waals surface area contributed by atoms with Gasteiger partial charge < -0.3 is 20.9 Å². The quantitative estimate of drug-likeness (QED) is 0.611. The molecule has 2 rings (SSSR count). The summed E-state index contributed by atoms with van der Waals surface area (Å²) in [7, 11) is 0. The summed E-state index contributed by atoms with van der Waals surface area (Å²) in [6, 6.07) is 13.4. The van der Waals surface area contributed by atoms with E-state index in [1.807, 2.05) is 57.2 Å². The van der Waals surface area contributed by atoms with E-state index in [0.717, 1.165) is 22.6 Å². The zero-order chi connectivity index (χ0) is 20.0. The first kappa shape index (κ1) is 21.1. The highest BCUT2D eigenvalue weighted by atomic mass is 35.5. The van der Waals surface area contributed by atoms with E-state index >= 15 is 0 Å². The largest absolute Gasteiger partial charge is 0.488 e. The number of anilines is 1. The van der Waals surface area contributed by atoms with Crippen molar-refractivity contribution in [3.8, 4) is 5.75 Å². The predicted molar refractivity (Wildman–Crippen MR) is 110 cm³/mol. The van der Waals surface area contributed by atoms with E-state index < -0.39 is 5.97 Å². The van der Waals surface area contributed by atoms with Gasteiger partial charge in [-0.25, -0.2) is 0 Å². The lowest BCUT2D eigenvalue weighted by Gasteiger charge is -2.21. The molecule has 0 aliphatic rings. The third-order valence-electron chi connectivity index (χ3n) is 4.00. The molecule has 0 fully saturated rings. The van der Waals surface area contributed by atoms with Crippen molar-refractivity contribution in [3.63, 3.8) is 0 Å². The zero-order valence-electron chi connectivity index (χ0n) is 16.0. The van der Waals surface area contributed by atoms with Crippen LogP contribution in [0.2, 0.25) is 5.02 Å². The molecule has 146 valence electrons. The number of rotatable bonds is 8. The molecule has 5 nitrogen and oxygen atoms in total. The lowest BCUT2D eigenvalue weighted by molar-refractivity contribution is -0.137. The number of halogens is 1. The van der Waals surface area contributed by atoms with Crippen molar-refractivity contribution in [3.05, 3.63) is 58.6 Å². The topological polar surface area (TPSA) is 84.6 Å². The zero-order valence-corrected chi connectivity index (χ0v) is 16.7. The second-order valence-electron chi connectivity index (χ2n) is 7.48. The van der Waals surface area contributed by atoms with Crippen molar-refractivity contribution in [1.29, 1.82) is 0 Å². The van der Waals surface area contributed by atoms with Gasteiger partial charge in [0.15, 0.2) is 0 Å². The lowest BCUT2D eigenvalue weighted by atomic mass is 9.95. The van der Waals surface area contributed by atoms with Crippen LogP contribution in [0.3, 0.4) is 0 Å². The summed E-state index contributed by atoms with van der Waals surface area (Å²) in [5, 5.41) is 12.9. The molecule has 27 heavy (non-hydrogen) atoms. The fourth-order valence-electron chi connectivity index (χ4n) is 2.71. The van der Waals surface area contributed by atoms with E-state index in [0.29, 0.717) is 11.6 Å². The van der Waals surface area contributed by atoms with Gasteiger partial charge in [0, 0.05) is 12.5 Å². The Balaban J connectivity index is 2.06. The SMILES string of the molecule is CC(C)(C)Oc1ccc(CNc2cc([C@H](CN)CC(=O)O)ccc2Cl)cc1. The van der Waals surface area contributed by atoms with Crippen LogP contribution in [0.25, 0.3) is 0 Å². The monoisotopic (exact) mass is 390 g/mol. The molecule has 0 bridgehead atoms. The van der Waals surface area contributed by atoms with Gasteiger partial charge in [0.2, 0.25) is 0 Å². The molecule has 0 heterocycles. The van der Waals surface area contributed by atoms with Crippen LogP contribution in [0.15, 0.2) is 42.5 Å². The molecule has 0 aromatic heterocycles. The summed E-state index contributed by atoms with van der Waals surface area (Å²) in [5.74, 6) is -0.285. The van der Waals surface area contributed by atoms with Gasteiger partial charge in [-0.2, -0.15) is 0 Å². The Morgan fingerprint density at radius 2 is 1.89 bits per heavy atom. The first-order chi connectivity index (χ1) is 12.7. The standard InChI is InChI=1S/C21H27ClN2O3/c1-21(2,3)27-17-7-4-14(5-8-17)13-24-19-10-15(6-9-18(19)22)16(12-23)11-20(25)26/h4-10,16,24H,11-13,23H2,1-3H3,(H,25,26)/t16-/m0/s1. The highest BCUT2D eigenvalue weighted by Crippen LogP contribution is 2.29. The van der Waals surface area contributed by atoms with Crippen LogP contribution in [0.1, 0.15) is 44.2 Å². The Kier molecular flexibility index (Phi) is 7.11. The van der Waals surface area contributed by atoms with Crippen molar-refractivity contribution in [2.75, 3.05) is 11.9 Å². The maximum Gasteiger partial charge on any atom is 0.304 e. The van der Waals surface area contributed by atoms with Gasteiger partial charge in [-0.1, -0.05) is 29.8 Å². The number of ether oxygens (including phenoxy) is 1. The Bertz CT molecular complexity index is 770. The molecule has 2 aromatic rings. The van der Waals surface area contributed by atoms with Gasteiger partial charge in [0.1, 0.15) is 11.4 Å². The first-order valence-corrected chi connectivity index (χ1v) is 9.29. The van der Waals surface area contributed by atoms with Crippen molar-refractivity contribution < 1.29 is 14.6 Å². The number of nitrogens with one attached hydrogen (secondary N) is 1. The van der Waals surface area contributed by atoms with E-state index in [9.17, 15) is 4.79 Å². The fraction of sp³-hybridized carbons (Fsp3) is 0.381. The number of nitrogens with two attached hydrogens (primary N) is 1. The van der Waals surface area contributed by atoms with Gasteiger partial charge >= 0.3 is 5.97 Å². The number of aliphatic carboxylic acids is 1. The molecule has 0 saturated carbocycles. The van der Waals surface area contributed by atoms with Crippen molar-refractivity contribution in [2.24, 2.45) is 5.73 Å². The van der Waals surface area contributed by atoms with Crippen LogP contribution in [0.5, 0.6) is 5.75 Å². The average molecular weight is 391 g/mol. The molecule has 2 aromatic carbocycles. The number of hydrogen-bond donors (Lipinski definition) is 3. The Labute approximate surface area is 165 Å². The molecule has 0 aliphatic carbocycles.